The first-order valence-corrected chi connectivity index (χ1v) is 5.37. The fourth-order valence-corrected chi connectivity index (χ4v) is 1.70. The average molecular weight is 230 g/mol. The van der Waals surface area contributed by atoms with Crippen molar-refractivity contribution < 1.29 is 4.52 Å². The smallest absolute Gasteiger partial charge is 0.124 e. The lowest BCUT2D eigenvalue weighted by Crippen LogP contribution is -2.13. The van der Waals surface area contributed by atoms with Crippen LogP contribution >= 0.6 is 0 Å². The molecular weight excluding hydrogens is 216 g/mol. The largest absolute Gasteiger partial charge is 0.364 e. The first kappa shape index (κ1) is 11.4. The van der Waals surface area contributed by atoms with Crippen LogP contribution in [0.4, 0.5) is 0 Å². The lowest BCUT2D eigenvalue weighted by molar-refractivity contribution is 0.408. The number of nitrogens with zero attached hydrogens (tertiary/aromatic N) is 3. The van der Waals surface area contributed by atoms with Crippen molar-refractivity contribution in [1.82, 2.24) is 15.0 Å². The highest BCUT2D eigenvalue weighted by atomic mass is 16.5. The number of aromatic nitrogens is 2. The van der Waals surface area contributed by atoms with Gasteiger partial charge in [0.1, 0.15) is 18.0 Å². The van der Waals surface area contributed by atoms with Crippen molar-refractivity contribution in [1.29, 1.82) is 5.26 Å². The van der Waals surface area contributed by atoms with E-state index in [2.05, 4.69) is 16.5 Å². The molecule has 0 aliphatic heterocycles. The van der Waals surface area contributed by atoms with Crippen molar-refractivity contribution in [3.63, 3.8) is 0 Å². The summed E-state index contributed by atoms with van der Waals surface area (Å²) in [6.45, 7) is 3.38. The zero-order valence-electron chi connectivity index (χ0n) is 9.90. The summed E-state index contributed by atoms with van der Waals surface area (Å²) in [6.07, 6.45) is 1.55. The van der Waals surface area contributed by atoms with Crippen LogP contribution in [0.3, 0.4) is 0 Å². The number of hydrogen-bond donors (Lipinski definition) is 1. The van der Waals surface area contributed by atoms with E-state index in [0.29, 0.717) is 18.8 Å². The molecule has 5 heteroatoms. The molecule has 0 atom stereocenters. The molecule has 0 radical (unpaired) electrons. The van der Waals surface area contributed by atoms with Crippen LogP contribution in [0.1, 0.15) is 22.6 Å². The molecule has 0 saturated heterocycles. The van der Waals surface area contributed by atoms with E-state index in [-0.39, 0.29) is 0 Å². The quantitative estimate of drug-likeness (QED) is 0.864. The van der Waals surface area contributed by atoms with E-state index in [9.17, 15) is 0 Å². The summed E-state index contributed by atoms with van der Waals surface area (Å²) in [5.41, 5.74) is 3.79. The van der Waals surface area contributed by atoms with Crippen molar-refractivity contribution in [2.75, 3.05) is 0 Å². The fourth-order valence-electron chi connectivity index (χ4n) is 1.70. The summed E-state index contributed by atoms with van der Waals surface area (Å²) in [6, 6.07) is 5.90. The van der Waals surface area contributed by atoms with E-state index in [0.717, 1.165) is 17.0 Å². The van der Waals surface area contributed by atoms with Crippen LogP contribution in [0.5, 0.6) is 0 Å². The third-order valence-corrected chi connectivity index (χ3v) is 2.87. The normalized spacial score (nSPS) is 10.4. The molecule has 0 bridgehead atoms. The summed E-state index contributed by atoms with van der Waals surface area (Å²) in [5, 5.41) is 16.0. The molecule has 2 rings (SSSR count). The van der Waals surface area contributed by atoms with Gasteiger partial charge >= 0.3 is 0 Å². The van der Waals surface area contributed by atoms with Crippen LogP contribution < -0.4 is 5.32 Å². The molecule has 2 heterocycles. The second kappa shape index (κ2) is 4.85. The number of hydrogen-bond acceptors (Lipinski definition) is 4. The molecule has 2 aromatic rings. The van der Waals surface area contributed by atoms with Crippen molar-refractivity contribution in [3.8, 4) is 6.07 Å². The van der Waals surface area contributed by atoms with Crippen LogP contribution in [0.25, 0.3) is 0 Å². The molecule has 17 heavy (non-hydrogen) atoms. The van der Waals surface area contributed by atoms with E-state index in [1.807, 2.05) is 30.7 Å². The SMILES string of the molecule is Cc1c(CNCc2ccon2)cc(C#N)n1C. The maximum atomic E-state index is 8.92. The minimum atomic E-state index is 0.659. The van der Waals surface area contributed by atoms with Gasteiger partial charge in [0.05, 0.1) is 5.69 Å². The van der Waals surface area contributed by atoms with E-state index < -0.39 is 0 Å². The second-order valence-electron chi connectivity index (χ2n) is 3.91. The molecule has 0 aliphatic rings. The van der Waals surface area contributed by atoms with Crippen LogP contribution in [0.2, 0.25) is 0 Å². The van der Waals surface area contributed by atoms with Gasteiger partial charge in [-0.15, -0.1) is 0 Å². The van der Waals surface area contributed by atoms with E-state index >= 15 is 0 Å². The van der Waals surface area contributed by atoms with Crippen LogP contribution in [-0.4, -0.2) is 9.72 Å². The summed E-state index contributed by atoms with van der Waals surface area (Å²) in [5.74, 6) is 0. The lowest BCUT2D eigenvalue weighted by Gasteiger charge is -2.03. The molecule has 0 unspecified atom stereocenters. The van der Waals surface area contributed by atoms with Crippen molar-refractivity contribution in [2.45, 2.75) is 20.0 Å². The maximum Gasteiger partial charge on any atom is 0.124 e. The predicted molar refractivity (Wildman–Crippen MR) is 61.9 cm³/mol. The Labute approximate surface area is 99.6 Å². The summed E-state index contributed by atoms with van der Waals surface area (Å²) in [7, 11) is 1.90. The molecule has 0 fully saturated rings. The average Bonchev–Trinajstić information content (AvgIpc) is 2.92. The molecule has 1 N–H and O–H groups in total. The van der Waals surface area contributed by atoms with Gasteiger partial charge in [-0.05, 0) is 18.6 Å². The van der Waals surface area contributed by atoms with Gasteiger partial charge in [0, 0.05) is 31.9 Å². The lowest BCUT2D eigenvalue weighted by atomic mass is 10.2. The monoisotopic (exact) mass is 230 g/mol. The minimum absolute atomic E-state index is 0.659. The minimum Gasteiger partial charge on any atom is -0.364 e. The van der Waals surface area contributed by atoms with Gasteiger partial charge in [-0.3, -0.25) is 0 Å². The third-order valence-electron chi connectivity index (χ3n) is 2.87. The summed E-state index contributed by atoms with van der Waals surface area (Å²) < 4.78 is 6.64. The van der Waals surface area contributed by atoms with Gasteiger partial charge in [0.25, 0.3) is 0 Å². The van der Waals surface area contributed by atoms with Crippen molar-refractivity contribution >= 4 is 0 Å². The first-order chi connectivity index (χ1) is 8.22. The zero-order chi connectivity index (χ0) is 12.3. The Morgan fingerprint density at radius 2 is 2.35 bits per heavy atom. The van der Waals surface area contributed by atoms with Crippen LogP contribution in [0, 0.1) is 18.3 Å². The number of nitrogens with one attached hydrogen (secondary N) is 1. The molecule has 88 valence electrons. The van der Waals surface area contributed by atoms with Gasteiger partial charge < -0.3 is 14.4 Å². The Bertz CT molecular complexity index is 534. The van der Waals surface area contributed by atoms with E-state index in [1.165, 1.54) is 0 Å². The molecular formula is C12H14N4O. The first-order valence-electron chi connectivity index (χ1n) is 5.37. The topological polar surface area (TPSA) is 66.8 Å². The molecule has 2 aromatic heterocycles. The van der Waals surface area contributed by atoms with Gasteiger partial charge in [0.2, 0.25) is 0 Å². The van der Waals surface area contributed by atoms with E-state index in [4.69, 9.17) is 9.78 Å². The second-order valence-corrected chi connectivity index (χ2v) is 3.91. The Kier molecular flexibility index (Phi) is 3.26. The van der Waals surface area contributed by atoms with Crippen LogP contribution in [-0.2, 0) is 20.1 Å². The third kappa shape index (κ3) is 2.37. The molecule has 0 aliphatic carbocycles. The van der Waals surface area contributed by atoms with Crippen molar-refractivity contribution in [3.05, 3.63) is 41.0 Å². The highest BCUT2D eigenvalue weighted by Gasteiger charge is 2.08. The van der Waals surface area contributed by atoms with Crippen molar-refractivity contribution in [2.24, 2.45) is 7.05 Å². The maximum absolute atomic E-state index is 8.92. The molecule has 0 spiro atoms. The highest BCUT2D eigenvalue weighted by Crippen LogP contribution is 2.13. The summed E-state index contributed by atoms with van der Waals surface area (Å²) in [4.78, 5) is 0. The Balaban J connectivity index is 1.98. The molecule has 0 saturated carbocycles. The molecule has 5 nitrogen and oxygen atoms in total. The summed E-state index contributed by atoms with van der Waals surface area (Å²) >= 11 is 0. The molecule has 0 aromatic carbocycles. The van der Waals surface area contributed by atoms with Gasteiger partial charge in [0.15, 0.2) is 0 Å². The fraction of sp³-hybridized carbons (Fsp3) is 0.333. The Hall–Kier alpha value is -2.06. The van der Waals surface area contributed by atoms with Gasteiger partial charge in [-0.1, -0.05) is 5.16 Å². The Morgan fingerprint density at radius 3 is 2.94 bits per heavy atom. The zero-order valence-corrected chi connectivity index (χ0v) is 9.90. The Morgan fingerprint density at radius 1 is 1.53 bits per heavy atom. The van der Waals surface area contributed by atoms with Gasteiger partial charge in [-0.25, -0.2) is 0 Å². The van der Waals surface area contributed by atoms with Gasteiger partial charge in [-0.2, -0.15) is 5.26 Å². The standard InChI is InChI=1S/C12H14N4O/c1-9-10(5-12(6-13)16(9)2)7-14-8-11-3-4-17-15-11/h3-5,14H,7-8H2,1-2H3. The van der Waals surface area contributed by atoms with E-state index in [1.54, 1.807) is 6.26 Å². The molecule has 0 amide bonds. The number of nitriles is 1. The van der Waals surface area contributed by atoms with Crippen LogP contribution in [0.15, 0.2) is 22.9 Å². The predicted octanol–water partition coefficient (Wildman–Crippen LogP) is 1.48. The number of rotatable bonds is 4. The highest BCUT2D eigenvalue weighted by molar-refractivity contribution is 5.34.